The molecule has 2 aromatic rings. The number of rotatable bonds is 5. The largest absolute Gasteiger partial charge is 0.481 e. The number of anilines is 1. The van der Waals surface area contributed by atoms with E-state index in [0.29, 0.717) is 5.56 Å². The van der Waals surface area contributed by atoms with Crippen molar-refractivity contribution in [2.24, 2.45) is 5.92 Å². The fraction of sp³-hybridized carbons (Fsp3) is 0.273. The molecule has 28 heavy (non-hydrogen) atoms. The molecule has 1 aliphatic carbocycles. The van der Waals surface area contributed by atoms with Crippen molar-refractivity contribution < 1.29 is 19.1 Å². The summed E-state index contributed by atoms with van der Waals surface area (Å²) in [6.45, 7) is 0.0943. The Morgan fingerprint density at radius 3 is 2.86 bits per heavy atom. The average molecular weight is 380 g/mol. The van der Waals surface area contributed by atoms with Crippen LogP contribution in [0, 0.1) is 11.7 Å². The molecule has 5 nitrogen and oxygen atoms in total. The van der Waals surface area contributed by atoms with Gasteiger partial charge in [-0.05, 0) is 53.8 Å². The SMILES string of the molecule is O=C(O)CCNC(=O)c1ccc2c(c1)[C@H]1C=CC[C@H]1[C@@H](c1cccc(F)c1)N2. The maximum Gasteiger partial charge on any atom is 0.305 e. The molecule has 144 valence electrons. The number of carbonyl (C=O) groups excluding carboxylic acids is 1. The maximum absolute atomic E-state index is 13.7. The summed E-state index contributed by atoms with van der Waals surface area (Å²) in [6.07, 6.45) is 5.06. The predicted octanol–water partition coefficient (Wildman–Crippen LogP) is 3.86. The molecule has 2 aliphatic rings. The molecular formula is C22H21FN2O3. The number of allylic oxidation sites excluding steroid dienone is 2. The van der Waals surface area contributed by atoms with Crippen LogP contribution in [0.25, 0.3) is 0 Å². The first-order valence-corrected chi connectivity index (χ1v) is 9.35. The number of carboxylic acid groups (broad SMARTS) is 1. The average Bonchev–Trinajstić information content (AvgIpc) is 3.16. The highest BCUT2D eigenvalue weighted by Crippen LogP contribution is 2.49. The van der Waals surface area contributed by atoms with Crippen LogP contribution in [0.1, 0.15) is 46.3 Å². The van der Waals surface area contributed by atoms with Gasteiger partial charge in [-0.15, -0.1) is 0 Å². The summed E-state index contributed by atoms with van der Waals surface area (Å²) < 4.78 is 13.7. The van der Waals surface area contributed by atoms with Crippen LogP contribution in [0.2, 0.25) is 0 Å². The monoisotopic (exact) mass is 380 g/mol. The quantitative estimate of drug-likeness (QED) is 0.689. The number of carboxylic acids is 1. The Labute approximate surface area is 162 Å². The number of hydrogen-bond acceptors (Lipinski definition) is 3. The smallest absolute Gasteiger partial charge is 0.305 e. The lowest BCUT2D eigenvalue weighted by molar-refractivity contribution is -0.136. The van der Waals surface area contributed by atoms with Crippen LogP contribution in [-0.2, 0) is 4.79 Å². The minimum Gasteiger partial charge on any atom is -0.481 e. The van der Waals surface area contributed by atoms with E-state index < -0.39 is 5.97 Å². The van der Waals surface area contributed by atoms with Gasteiger partial charge in [-0.25, -0.2) is 4.39 Å². The van der Waals surface area contributed by atoms with Gasteiger partial charge in [-0.2, -0.15) is 0 Å². The van der Waals surface area contributed by atoms with Gasteiger partial charge in [0.2, 0.25) is 0 Å². The highest BCUT2D eigenvalue weighted by molar-refractivity contribution is 5.95. The van der Waals surface area contributed by atoms with E-state index >= 15 is 0 Å². The molecule has 0 unspecified atom stereocenters. The highest BCUT2D eigenvalue weighted by Gasteiger charge is 2.38. The molecule has 1 amide bonds. The number of amides is 1. The van der Waals surface area contributed by atoms with E-state index in [1.807, 2.05) is 18.2 Å². The van der Waals surface area contributed by atoms with Gasteiger partial charge >= 0.3 is 5.97 Å². The molecule has 3 N–H and O–H groups in total. The third-order valence-electron chi connectivity index (χ3n) is 5.46. The van der Waals surface area contributed by atoms with E-state index in [9.17, 15) is 14.0 Å². The molecule has 0 fully saturated rings. The Morgan fingerprint density at radius 1 is 1.21 bits per heavy atom. The third-order valence-corrected chi connectivity index (χ3v) is 5.46. The van der Waals surface area contributed by atoms with E-state index in [4.69, 9.17) is 5.11 Å². The molecule has 0 radical (unpaired) electrons. The van der Waals surface area contributed by atoms with Gasteiger partial charge in [0.25, 0.3) is 5.91 Å². The normalized spacial score (nSPS) is 22.1. The fourth-order valence-corrected chi connectivity index (χ4v) is 4.15. The van der Waals surface area contributed by atoms with Gasteiger partial charge in [0.15, 0.2) is 0 Å². The molecule has 1 aliphatic heterocycles. The lowest BCUT2D eigenvalue weighted by Gasteiger charge is -2.37. The van der Waals surface area contributed by atoms with Crippen LogP contribution in [0.3, 0.4) is 0 Å². The van der Waals surface area contributed by atoms with Gasteiger partial charge in [0.05, 0.1) is 12.5 Å². The van der Waals surface area contributed by atoms with E-state index in [1.165, 1.54) is 6.07 Å². The molecule has 0 aromatic heterocycles. The van der Waals surface area contributed by atoms with Gasteiger partial charge in [-0.1, -0.05) is 24.3 Å². The molecule has 0 saturated heterocycles. The minimum atomic E-state index is -0.947. The van der Waals surface area contributed by atoms with Crippen LogP contribution in [0.4, 0.5) is 10.1 Å². The second-order valence-electron chi connectivity index (χ2n) is 7.23. The van der Waals surface area contributed by atoms with Gasteiger partial charge in [0, 0.05) is 23.7 Å². The van der Waals surface area contributed by atoms with Crippen LogP contribution in [0.15, 0.2) is 54.6 Å². The van der Waals surface area contributed by atoms with Gasteiger partial charge in [-0.3, -0.25) is 9.59 Å². The lowest BCUT2D eigenvalue weighted by Crippen LogP contribution is -2.30. The van der Waals surface area contributed by atoms with Crippen molar-refractivity contribution in [1.82, 2.24) is 5.32 Å². The van der Waals surface area contributed by atoms with Crippen molar-refractivity contribution in [3.63, 3.8) is 0 Å². The van der Waals surface area contributed by atoms with E-state index in [2.05, 4.69) is 22.8 Å². The van der Waals surface area contributed by atoms with Crippen LogP contribution in [-0.4, -0.2) is 23.5 Å². The number of nitrogens with one attached hydrogen (secondary N) is 2. The van der Waals surface area contributed by atoms with Crippen LogP contribution in [0.5, 0.6) is 0 Å². The molecule has 0 spiro atoms. The zero-order valence-corrected chi connectivity index (χ0v) is 15.2. The van der Waals surface area contributed by atoms with E-state index in [-0.39, 0.29) is 42.6 Å². The summed E-state index contributed by atoms with van der Waals surface area (Å²) in [5.41, 5.74) is 3.40. The summed E-state index contributed by atoms with van der Waals surface area (Å²) in [5.74, 6) is -1.08. The van der Waals surface area contributed by atoms with Crippen molar-refractivity contribution in [1.29, 1.82) is 0 Å². The molecule has 0 saturated carbocycles. The van der Waals surface area contributed by atoms with Crippen LogP contribution < -0.4 is 10.6 Å². The third kappa shape index (κ3) is 3.50. The summed E-state index contributed by atoms with van der Waals surface area (Å²) in [6, 6.07) is 12.1. The minimum absolute atomic E-state index is 0.00144. The Bertz CT molecular complexity index is 957. The topological polar surface area (TPSA) is 78.4 Å². The molecule has 1 heterocycles. The standard InChI is InChI=1S/C22H21FN2O3/c23-15-4-1-3-13(11-15)21-17-6-2-5-16(17)18-12-14(7-8-19(18)25-21)22(28)24-10-9-20(26)27/h1-5,7-8,11-12,16-17,21,25H,6,9-10H2,(H,24,28)(H,26,27)/t16-,17+,21+/m0/s1. The molecule has 0 bridgehead atoms. The number of hydrogen-bond donors (Lipinski definition) is 3. The summed E-state index contributed by atoms with van der Waals surface area (Å²) >= 11 is 0. The van der Waals surface area contributed by atoms with Crippen molar-refractivity contribution in [2.75, 3.05) is 11.9 Å². The van der Waals surface area contributed by atoms with Crippen molar-refractivity contribution in [3.8, 4) is 0 Å². The first-order chi connectivity index (χ1) is 13.5. The van der Waals surface area contributed by atoms with E-state index in [0.717, 1.165) is 23.2 Å². The summed E-state index contributed by atoms with van der Waals surface area (Å²) in [7, 11) is 0. The van der Waals surface area contributed by atoms with Gasteiger partial charge in [0.1, 0.15) is 5.82 Å². The maximum atomic E-state index is 13.7. The number of benzene rings is 2. The number of carbonyl (C=O) groups is 2. The first-order valence-electron chi connectivity index (χ1n) is 9.35. The molecule has 2 aromatic carbocycles. The van der Waals surface area contributed by atoms with Crippen molar-refractivity contribution >= 4 is 17.6 Å². The first kappa shape index (κ1) is 18.2. The highest BCUT2D eigenvalue weighted by atomic mass is 19.1. The summed E-state index contributed by atoms with van der Waals surface area (Å²) in [4.78, 5) is 23.0. The molecule has 6 heteroatoms. The zero-order valence-electron chi connectivity index (χ0n) is 15.2. The second kappa shape index (κ2) is 7.46. The summed E-state index contributed by atoms with van der Waals surface area (Å²) in [5, 5.41) is 14.9. The lowest BCUT2D eigenvalue weighted by atomic mass is 9.76. The van der Waals surface area contributed by atoms with Gasteiger partial charge < -0.3 is 15.7 Å². The van der Waals surface area contributed by atoms with Crippen LogP contribution >= 0.6 is 0 Å². The molecule has 3 atom stereocenters. The Morgan fingerprint density at radius 2 is 2.07 bits per heavy atom. The number of fused-ring (bicyclic) bond motifs is 3. The zero-order chi connectivity index (χ0) is 19.7. The van der Waals surface area contributed by atoms with E-state index in [1.54, 1.807) is 18.2 Å². The Hall–Kier alpha value is -3.15. The fourth-order valence-electron chi connectivity index (χ4n) is 4.15. The van der Waals surface area contributed by atoms with Crippen molar-refractivity contribution in [2.45, 2.75) is 24.8 Å². The Balaban J connectivity index is 1.60. The molecular weight excluding hydrogens is 359 g/mol. The number of halogens is 1. The number of aliphatic carboxylic acids is 1. The Kier molecular flexibility index (Phi) is 4.86. The molecule has 4 rings (SSSR count). The van der Waals surface area contributed by atoms with Crippen molar-refractivity contribution in [3.05, 3.63) is 77.1 Å². The predicted molar refractivity (Wildman–Crippen MR) is 104 cm³/mol. The second-order valence-corrected chi connectivity index (χ2v) is 7.23.